The van der Waals surface area contributed by atoms with Crippen molar-refractivity contribution in [3.8, 4) is 0 Å². The van der Waals surface area contributed by atoms with Crippen LogP contribution in [0.5, 0.6) is 0 Å². The highest BCUT2D eigenvalue weighted by atomic mass is 127. The van der Waals surface area contributed by atoms with Crippen LogP contribution in [0.3, 0.4) is 0 Å². The van der Waals surface area contributed by atoms with Crippen LogP contribution < -0.4 is 5.32 Å². The van der Waals surface area contributed by atoms with Crippen molar-refractivity contribution in [1.82, 2.24) is 15.3 Å². The van der Waals surface area contributed by atoms with Gasteiger partial charge >= 0.3 is 5.97 Å². The van der Waals surface area contributed by atoms with Gasteiger partial charge in [0.25, 0.3) is 0 Å². The summed E-state index contributed by atoms with van der Waals surface area (Å²) in [6.45, 7) is 4.95. The van der Waals surface area contributed by atoms with Gasteiger partial charge in [0.05, 0.1) is 13.2 Å². The molecule has 0 spiro atoms. The fraction of sp³-hybridized carbons (Fsp3) is 0.735. The van der Waals surface area contributed by atoms with Crippen LogP contribution in [0.1, 0.15) is 90.0 Å². The normalized spacial score (nSPS) is 32.8. The number of carbonyl (C=O) groups excluding carboxylic acids is 3. The van der Waals surface area contributed by atoms with E-state index in [1.165, 1.54) is 0 Å². The Bertz CT molecular complexity index is 1270. The van der Waals surface area contributed by atoms with Gasteiger partial charge in [0.15, 0.2) is 11.8 Å². The Kier molecular flexibility index (Phi) is 10.6. The summed E-state index contributed by atoms with van der Waals surface area (Å²) in [5.74, 6) is -1.91. The SMILES string of the molecule is CCCCCC1(CCCCC)OC2C3CC4(C(=O)N5CCCC5C(=O)NCCO)C(ON(Cc5ccccc5I)C4C(=O)O3)C2O1. The first-order valence-electron chi connectivity index (χ1n) is 17.2. The summed E-state index contributed by atoms with van der Waals surface area (Å²) in [5, 5.41) is 13.7. The Labute approximate surface area is 285 Å². The van der Waals surface area contributed by atoms with Gasteiger partial charge in [-0.15, -0.1) is 0 Å². The second-order valence-electron chi connectivity index (χ2n) is 13.5. The van der Waals surface area contributed by atoms with Crippen molar-refractivity contribution in [3.05, 3.63) is 33.4 Å². The van der Waals surface area contributed by atoms with E-state index in [1.54, 1.807) is 9.96 Å². The topological polar surface area (TPSA) is 127 Å². The van der Waals surface area contributed by atoms with Gasteiger partial charge in [-0.05, 0) is 59.9 Å². The molecule has 1 saturated carbocycles. The predicted molar refractivity (Wildman–Crippen MR) is 176 cm³/mol. The van der Waals surface area contributed by atoms with Crippen molar-refractivity contribution in [2.75, 3.05) is 19.7 Å². The monoisotopic (exact) mass is 753 g/mol. The number of ether oxygens (including phenoxy) is 3. The molecule has 7 unspecified atom stereocenters. The number of aliphatic hydroxyl groups is 1. The van der Waals surface area contributed by atoms with Crippen molar-refractivity contribution in [2.45, 2.75) is 133 Å². The van der Waals surface area contributed by atoms with Crippen molar-refractivity contribution in [3.63, 3.8) is 0 Å². The third-order valence-electron chi connectivity index (χ3n) is 10.5. The van der Waals surface area contributed by atoms with Crippen LogP contribution in [0.4, 0.5) is 0 Å². The number of hydrogen-bond acceptors (Lipinski definition) is 9. The second-order valence-corrected chi connectivity index (χ2v) is 14.6. The Balaban J connectivity index is 1.38. The molecular weight excluding hydrogens is 705 g/mol. The van der Waals surface area contributed by atoms with Crippen LogP contribution in [-0.4, -0.2) is 94.8 Å². The lowest BCUT2D eigenvalue weighted by atomic mass is 9.62. The molecular formula is C34H48IN3O8. The Morgan fingerprint density at radius 1 is 1.07 bits per heavy atom. The summed E-state index contributed by atoms with van der Waals surface area (Å²) in [7, 11) is 0. The number of benzene rings is 1. The number of amides is 2. The zero-order chi connectivity index (χ0) is 32.5. The van der Waals surface area contributed by atoms with Crippen molar-refractivity contribution in [2.24, 2.45) is 5.41 Å². The number of hydrogen-bond donors (Lipinski definition) is 2. The standard InChI is InChI=1S/C34H48IN3O8/c1-3-5-9-15-33(16-10-6-4-2)44-26-25-20-34(32(42)37-18-11-14-24(37)30(40)36-17-19-39)28(31(41)43-25)38(46-29(34)27(26)45-33)21-22-12-7-8-13-23(22)35/h7-8,12-13,24-29,39H,3-6,9-11,14-21H2,1-2H3,(H,36,40). The number of unbranched alkanes of at least 4 members (excludes halogenated alkanes) is 4. The molecule has 1 aliphatic carbocycles. The first-order valence-corrected chi connectivity index (χ1v) is 18.3. The average molecular weight is 754 g/mol. The zero-order valence-corrected chi connectivity index (χ0v) is 29.1. The van der Waals surface area contributed by atoms with Crippen LogP contribution in [0, 0.1) is 8.99 Å². The smallest absolute Gasteiger partial charge is 0.327 e. The maximum Gasteiger partial charge on any atom is 0.327 e. The highest BCUT2D eigenvalue weighted by Gasteiger charge is 2.77. The van der Waals surface area contributed by atoms with E-state index in [-0.39, 0.29) is 37.9 Å². The Morgan fingerprint density at radius 2 is 1.78 bits per heavy atom. The second kappa shape index (κ2) is 14.3. The Morgan fingerprint density at radius 3 is 2.48 bits per heavy atom. The molecule has 5 aliphatic rings. The number of esters is 1. The highest BCUT2D eigenvalue weighted by molar-refractivity contribution is 14.1. The van der Waals surface area contributed by atoms with E-state index in [9.17, 15) is 14.7 Å². The van der Waals surface area contributed by atoms with E-state index in [0.717, 1.165) is 60.5 Å². The van der Waals surface area contributed by atoms with Gasteiger partial charge in [-0.2, -0.15) is 5.06 Å². The van der Waals surface area contributed by atoms with Gasteiger partial charge < -0.3 is 29.5 Å². The molecule has 1 aromatic rings. The lowest BCUT2D eigenvalue weighted by Crippen LogP contribution is -2.70. The summed E-state index contributed by atoms with van der Waals surface area (Å²) >= 11 is 2.27. The quantitative estimate of drug-likeness (QED) is 0.166. The molecule has 4 heterocycles. The molecule has 6 rings (SSSR count). The molecule has 4 saturated heterocycles. The predicted octanol–water partition coefficient (Wildman–Crippen LogP) is 3.83. The first kappa shape index (κ1) is 34.0. The molecule has 254 valence electrons. The molecule has 2 N–H and O–H groups in total. The van der Waals surface area contributed by atoms with E-state index < -0.39 is 53.7 Å². The molecule has 0 radical (unpaired) electrons. The lowest BCUT2D eigenvalue weighted by Gasteiger charge is -2.50. The van der Waals surface area contributed by atoms with Crippen molar-refractivity contribution >= 4 is 40.4 Å². The zero-order valence-electron chi connectivity index (χ0n) is 27.0. The van der Waals surface area contributed by atoms with Crippen LogP contribution in [-0.2, 0) is 40.0 Å². The maximum absolute atomic E-state index is 15.0. The third kappa shape index (κ3) is 6.11. The fourth-order valence-electron chi connectivity index (χ4n) is 8.32. The van der Waals surface area contributed by atoms with E-state index in [4.69, 9.17) is 19.0 Å². The van der Waals surface area contributed by atoms with Gasteiger partial charge in [0, 0.05) is 35.9 Å². The highest BCUT2D eigenvalue weighted by Crippen LogP contribution is 2.59. The van der Waals surface area contributed by atoms with Gasteiger partial charge in [0.1, 0.15) is 35.9 Å². The fourth-order valence-corrected chi connectivity index (χ4v) is 8.88. The molecule has 46 heavy (non-hydrogen) atoms. The van der Waals surface area contributed by atoms with Crippen LogP contribution in [0.2, 0.25) is 0 Å². The number of aliphatic hydroxyl groups excluding tert-OH is 1. The summed E-state index contributed by atoms with van der Waals surface area (Å²) in [6, 6.07) is 6.21. The lowest BCUT2D eigenvalue weighted by molar-refractivity contribution is -0.225. The van der Waals surface area contributed by atoms with Gasteiger partial charge in [-0.1, -0.05) is 57.7 Å². The summed E-state index contributed by atoms with van der Waals surface area (Å²) in [6.07, 6.45) is 6.36. The molecule has 2 bridgehead atoms. The van der Waals surface area contributed by atoms with Gasteiger partial charge in [-0.3, -0.25) is 19.2 Å². The number of hydroxylamine groups is 2. The van der Waals surface area contributed by atoms with Gasteiger partial charge in [-0.25, -0.2) is 0 Å². The summed E-state index contributed by atoms with van der Waals surface area (Å²) in [5.41, 5.74) is -0.344. The molecule has 4 aliphatic heterocycles. The van der Waals surface area contributed by atoms with Crippen molar-refractivity contribution in [1.29, 1.82) is 0 Å². The third-order valence-corrected chi connectivity index (χ3v) is 11.5. The molecule has 1 aromatic carbocycles. The van der Waals surface area contributed by atoms with Crippen LogP contribution in [0.15, 0.2) is 24.3 Å². The van der Waals surface area contributed by atoms with Crippen molar-refractivity contribution < 1.29 is 38.5 Å². The van der Waals surface area contributed by atoms with E-state index >= 15 is 4.79 Å². The first-order chi connectivity index (χ1) is 22.3. The maximum atomic E-state index is 15.0. The minimum Gasteiger partial charge on any atom is -0.458 e. The number of halogens is 1. The molecule has 0 aromatic heterocycles. The molecule has 2 amide bonds. The largest absolute Gasteiger partial charge is 0.458 e. The molecule has 5 fully saturated rings. The molecule has 11 nitrogen and oxygen atoms in total. The average Bonchev–Trinajstić information content (AvgIpc) is 3.77. The number of nitrogens with zero attached hydrogens (tertiary/aromatic N) is 2. The number of fused-ring (bicyclic) bond motifs is 4. The summed E-state index contributed by atoms with van der Waals surface area (Å²) in [4.78, 5) is 50.7. The minimum atomic E-state index is -1.31. The van der Waals surface area contributed by atoms with Gasteiger partial charge in [0.2, 0.25) is 11.8 Å². The number of rotatable bonds is 14. The number of likely N-dealkylation sites (tertiary alicyclic amines) is 1. The van der Waals surface area contributed by atoms with Crippen LogP contribution in [0.25, 0.3) is 0 Å². The number of carbonyl (C=O) groups is 3. The van der Waals surface area contributed by atoms with E-state index in [1.807, 2.05) is 24.3 Å². The Hall–Kier alpha value is -1.84. The summed E-state index contributed by atoms with van der Waals surface area (Å²) < 4.78 is 21.0. The van der Waals surface area contributed by atoms with E-state index in [0.29, 0.717) is 19.4 Å². The van der Waals surface area contributed by atoms with Crippen LogP contribution >= 0.6 is 22.6 Å². The number of nitrogens with one attached hydrogen (secondary N) is 1. The minimum absolute atomic E-state index is 0.113. The molecule has 12 heteroatoms. The van der Waals surface area contributed by atoms with E-state index in [2.05, 4.69) is 41.8 Å². The molecule has 7 atom stereocenters.